The van der Waals surface area contributed by atoms with Crippen LogP contribution in [-0.4, -0.2) is 84.1 Å². The van der Waals surface area contributed by atoms with Gasteiger partial charge in [-0.2, -0.15) is 23.1 Å². The maximum atomic E-state index is 13.8. The van der Waals surface area contributed by atoms with Crippen molar-refractivity contribution in [2.24, 2.45) is 0 Å². The van der Waals surface area contributed by atoms with Gasteiger partial charge in [0.05, 0.1) is 24.0 Å². The first-order chi connectivity index (χ1) is 20.1. The summed E-state index contributed by atoms with van der Waals surface area (Å²) in [6.07, 6.45) is -3.34. The molecular formula is C29H32F4N6O3. The summed E-state index contributed by atoms with van der Waals surface area (Å²) < 4.78 is 67.1. The molecule has 3 aliphatic rings. The lowest BCUT2D eigenvalue weighted by Crippen LogP contribution is -2.57. The molecular weight excluding hydrogens is 556 g/mol. The number of piperazine rings is 1. The molecule has 224 valence electrons. The Hall–Kier alpha value is -3.76. The van der Waals surface area contributed by atoms with Crippen molar-refractivity contribution < 1.29 is 31.8 Å². The molecule has 13 heteroatoms. The number of benzene rings is 1. The number of amides is 1. The van der Waals surface area contributed by atoms with Crippen LogP contribution in [-0.2, 0) is 28.7 Å². The zero-order valence-corrected chi connectivity index (χ0v) is 23.2. The van der Waals surface area contributed by atoms with Crippen LogP contribution in [0.25, 0.3) is 4.85 Å². The lowest BCUT2D eigenvalue weighted by Gasteiger charge is -2.40. The van der Waals surface area contributed by atoms with Gasteiger partial charge in [0, 0.05) is 37.7 Å². The fraction of sp³-hybridized carbons (Fsp3) is 0.517. The maximum absolute atomic E-state index is 13.8. The average molecular weight is 589 g/mol. The van der Waals surface area contributed by atoms with E-state index in [0.29, 0.717) is 23.7 Å². The SMILES string of the molecule is [C-]#[N+]C[C@H]1CN(c2nc(OC[C@@H]3CCCN3C)nc3c2CO[C@H](c2ccccc2C(F)(F)F)C3)CCN1C(=O)C(=C)F. The highest BCUT2D eigenvalue weighted by Gasteiger charge is 2.39. The molecule has 1 aromatic carbocycles. The summed E-state index contributed by atoms with van der Waals surface area (Å²) in [5, 5.41) is 0. The van der Waals surface area contributed by atoms with Gasteiger partial charge < -0.3 is 29.0 Å². The smallest absolute Gasteiger partial charge is 0.416 e. The number of fused-ring (bicyclic) bond motifs is 1. The Balaban J connectivity index is 1.47. The topological polar surface area (TPSA) is 75.4 Å². The molecule has 3 aliphatic heterocycles. The van der Waals surface area contributed by atoms with Gasteiger partial charge in [-0.1, -0.05) is 24.8 Å². The van der Waals surface area contributed by atoms with E-state index in [9.17, 15) is 22.4 Å². The Bertz CT molecular complexity index is 1380. The number of rotatable bonds is 7. The van der Waals surface area contributed by atoms with Crippen LogP contribution >= 0.6 is 0 Å². The molecule has 0 unspecified atom stereocenters. The van der Waals surface area contributed by atoms with Crippen LogP contribution < -0.4 is 9.64 Å². The Morgan fingerprint density at radius 2 is 2.00 bits per heavy atom. The Kier molecular flexibility index (Phi) is 8.65. The van der Waals surface area contributed by atoms with E-state index in [1.54, 1.807) is 6.07 Å². The number of hydrogen-bond acceptors (Lipinski definition) is 7. The highest BCUT2D eigenvalue weighted by Crippen LogP contribution is 2.40. The molecule has 0 radical (unpaired) electrons. The molecule has 5 rings (SSSR count). The molecule has 4 heterocycles. The van der Waals surface area contributed by atoms with Crippen LogP contribution in [0.2, 0.25) is 0 Å². The van der Waals surface area contributed by atoms with Crippen LogP contribution in [0.15, 0.2) is 36.7 Å². The molecule has 2 fully saturated rings. The molecule has 0 N–H and O–H groups in total. The largest absolute Gasteiger partial charge is 0.462 e. The minimum atomic E-state index is -4.54. The lowest BCUT2D eigenvalue weighted by molar-refractivity contribution is -0.139. The first kappa shape index (κ1) is 29.7. The second-order valence-corrected chi connectivity index (χ2v) is 10.8. The standard InChI is InChI=1S/C29H32F4N6O3/c1-18(30)27(40)39-12-11-38(15-20(39)14-34-2)26-22-17-41-25(21-8-4-5-9-23(21)29(31,32)33)13-24(22)35-28(36-26)42-16-19-7-6-10-37(19)3/h4-5,8-9,19-20,25H,1,6-7,10-17H2,3H3/t19-,20-,25-/m0/s1. The summed E-state index contributed by atoms with van der Waals surface area (Å²) >= 11 is 0. The third kappa shape index (κ3) is 6.19. The molecule has 1 aromatic heterocycles. The van der Waals surface area contributed by atoms with E-state index in [1.165, 1.54) is 17.0 Å². The van der Waals surface area contributed by atoms with Crippen molar-refractivity contribution >= 4 is 11.7 Å². The van der Waals surface area contributed by atoms with E-state index >= 15 is 0 Å². The van der Waals surface area contributed by atoms with Crippen molar-refractivity contribution in [3.05, 3.63) is 70.5 Å². The summed E-state index contributed by atoms with van der Waals surface area (Å²) in [6.45, 7) is 12.3. The van der Waals surface area contributed by atoms with Gasteiger partial charge in [-0.15, -0.1) is 0 Å². The summed E-state index contributed by atoms with van der Waals surface area (Å²) in [5.41, 5.74) is 0.393. The quantitative estimate of drug-likeness (QED) is 0.273. The van der Waals surface area contributed by atoms with Crippen LogP contribution in [0.5, 0.6) is 6.01 Å². The fourth-order valence-electron chi connectivity index (χ4n) is 5.89. The van der Waals surface area contributed by atoms with Crippen molar-refractivity contribution in [2.75, 3.05) is 51.3 Å². The predicted molar refractivity (Wildman–Crippen MR) is 145 cm³/mol. The molecule has 0 saturated carbocycles. The van der Waals surface area contributed by atoms with Gasteiger partial charge in [-0.3, -0.25) is 4.79 Å². The van der Waals surface area contributed by atoms with Crippen molar-refractivity contribution in [1.82, 2.24) is 19.8 Å². The van der Waals surface area contributed by atoms with Gasteiger partial charge in [0.1, 0.15) is 18.5 Å². The molecule has 2 aromatic rings. The van der Waals surface area contributed by atoms with E-state index in [1.807, 2.05) is 11.9 Å². The predicted octanol–water partition coefficient (Wildman–Crippen LogP) is 4.20. The summed E-state index contributed by atoms with van der Waals surface area (Å²) in [4.78, 5) is 30.5. The second kappa shape index (κ2) is 12.2. The first-order valence-electron chi connectivity index (χ1n) is 13.8. The average Bonchev–Trinajstić information content (AvgIpc) is 3.39. The molecule has 0 spiro atoms. The number of halogens is 4. The number of likely N-dealkylation sites (tertiary alicyclic amines) is 1. The minimum Gasteiger partial charge on any atom is -0.462 e. The zero-order chi connectivity index (χ0) is 30.0. The van der Waals surface area contributed by atoms with E-state index < -0.39 is 35.6 Å². The summed E-state index contributed by atoms with van der Waals surface area (Å²) in [6, 6.07) is 5.02. The number of alkyl halides is 3. The van der Waals surface area contributed by atoms with Gasteiger partial charge in [-0.25, -0.2) is 11.0 Å². The van der Waals surface area contributed by atoms with E-state index in [-0.39, 0.29) is 56.8 Å². The lowest BCUT2D eigenvalue weighted by atomic mass is 9.95. The van der Waals surface area contributed by atoms with E-state index in [2.05, 4.69) is 21.3 Å². The van der Waals surface area contributed by atoms with Crippen LogP contribution in [0.4, 0.5) is 23.4 Å². The first-order valence-corrected chi connectivity index (χ1v) is 13.8. The summed E-state index contributed by atoms with van der Waals surface area (Å²) in [5.74, 6) is -1.48. The van der Waals surface area contributed by atoms with E-state index in [4.69, 9.17) is 21.0 Å². The number of carbonyl (C=O) groups is 1. The maximum Gasteiger partial charge on any atom is 0.416 e. The minimum absolute atomic E-state index is 0.0292. The van der Waals surface area contributed by atoms with Gasteiger partial charge in [-0.05, 0) is 38.1 Å². The molecule has 2 saturated heterocycles. The van der Waals surface area contributed by atoms with Crippen molar-refractivity contribution in [3.8, 4) is 6.01 Å². The monoisotopic (exact) mass is 588 g/mol. The highest BCUT2D eigenvalue weighted by molar-refractivity contribution is 5.91. The molecule has 0 aliphatic carbocycles. The van der Waals surface area contributed by atoms with Crippen LogP contribution in [0.1, 0.15) is 41.3 Å². The molecule has 1 amide bonds. The van der Waals surface area contributed by atoms with Crippen LogP contribution in [0.3, 0.4) is 0 Å². The third-order valence-electron chi connectivity index (χ3n) is 8.12. The van der Waals surface area contributed by atoms with Crippen molar-refractivity contribution in [2.45, 2.75) is 50.2 Å². The molecule has 42 heavy (non-hydrogen) atoms. The Labute approximate surface area is 241 Å². The molecule has 0 bridgehead atoms. The van der Waals surface area contributed by atoms with E-state index in [0.717, 1.165) is 25.5 Å². The number of carbonyl (C=O) groups excluding carboxylic acids is 1. The second-order valence-electron chi connectivity index (χ2n) is 10.8. The number of anilines is 1. The zero-order valence-electron chi connectivity index (χ0n) is 23.2. The Morgan fingerprint density at radius 1 is 1.21 bits per heavy atom. The van der Waals surface area contributed by atoms with Crippen LogP contribution in [0, 0.1) is 6.57 Å². The highest BCUT2D eigenvalue weighted by atomic mass is 19.4. The van der Waals surface area contributed by atoms with Crippen molar-refractivity contribution in [3.63, 3.8) is 0 Å². The normalized spacial score (nSPS) is 22.9. The number of nitrogens with zero attached hydrogens (tertiary/aromatic N) is 6. The molecule has 9 nitrogen and oxygen atoms in total. The van der Waals surface area contributed by atoms with Gasteiger partial charge >= 0.3 is 12.2 Å². The van der Waals surface area contributed by atoms with Gasteiger partial charge in [0.2, 0.25) is 6.54 Å². The summed E-state index contributed by atoms with van der Waals surface area (Å²) in [7, 11) is 2.02. The number of likely N-dealkylation sites (N-methyl/N-ethyl adjacent to an activating group) is 1. The fourth-order valence-corrected chi connectivity index (χ4v) is 5.89. The van der Waals surface area contributed by atoms with Crippen molar-refractivity contribution in [1.29, 1.82) is 0 Å². The number of hydrogen-bond donors (Lipinski definition) is 0. The Morgan fingerprint density at radius 3 is 2.69 bits per heavy atom. The van der Waals surface area contributed by atoms with Gasteiger partial charge in [0.15, 0.2) is 5.83 Å². The van der Waals surface area contributed by atoms with Gasteiger partial charge in [0.25, 0.3) is 5.91 Å². The molecule has 3 atom stereocenters. The third-order valence-corrected chi connectivity index (χ3v) is 8.12. The number of aromatic nitrogens is 2. The number of ether oxygens (including phenoxy) is 2.